The van der Waals surface area contributed by atoms with Crippen molar-refractivity contribution in [3.8, 4) is 0 Å². The van der Waals surface area contributed by atoms with Crippen LogP contribution in [0.25, 0.3) is 0 Å². The molecule has 1 aliphatic rings. The van der Waals surface area contributed by atoms with E-state index in [2.05, 4.69) is 29.8 Å². The Labute approximate surface area is 77.8 Å². The summed E-state index contributed by atoms with van der Waals surface area (Å²) in [5, 5.41) is 5.43. The fraction of sp³-hybridized carbons (Fsp3) is 0.600. The second-order valence-corrected chi connectivity index (χ2v) is 4.80. The maximum absolute atomic E-state index is 3.25. The van der Waals surface area contributed by atoms with Crippen molar-refractivity contribution >= 4 is 11.3 Å². The van der Waals surface area contributed by atoms with Crippen LogP contribution in [0.4, 0.5) is 0 Å². The van der Waals surface area contributed by atoms with Gasteiger partial charge >= 0.3 is 0 Å². The Balaban J connectivity index is 2.07. The fourth-order valence-electron chi connectivity index (χ4n) is 1.90. The van der Waals surface area contributed by atoms with Crippen molar-refractivity contribution in [2.45, 2.75) is 18.8 Å². The molecule has 2 unspecified atom stereocenters. The van der Waals surface area contributed by atoms with E-state index in [1.807, 2.05) is 18.4 Å². The van der Waals surface area contributed by atoms with Crippen LogP contribution in [0.2, 0.25) is 0 Å². The third-order valence-corrected chi connectivity index (χ3v) is 4.10. The summed E-state index contributed by atoms with van der Waals surface area (Å²) in [5.74, 6) is 0.862. The van der Waals surface area contributed by atoms with E-state index >= 15 is 0 Å². The van der Waals surface area contributed by atoms with Gasteiger partial charge in [-0.05, 0) is 37.4 Å². The molecule has 66 valence electrons. The second-order valence-electron chi connectivity index (χ2n) is 3.85. The van der Waals surface area contributed by atoms with E-state index in [9.17, 15) is 0 Å². The lowest BCUT2D eigenvalue weighted by Gasteiger charge is -2.07. The summed E-state index contributed by atoms with van der Waals surface area (Å²) in [6.07, 6.45) is 1.36. The first-order chi connectivity index (χ1) is 5.77. The molecule has 1 N–H and O–H groups in total. The molecule has 1 aliphatic carbocycles. The van der Waals surface area contributed by atoms with Crippen LogP contribution >= 0.6 is 11.3 Å². The molecular formula is C10H15NS. The Morgan fingerprint density at radius 3 is 3.17 bits per heavy atom. The topological polar surface area (TPSA) is 12.0 Å². The Bertz CT molecular complexity index is 255. The lowest BCUT2D eigenvalue weighted by atomic mass is 10.0. The summed E-state index contributed by atoms with van der Waals surface area (Å²) >= 11 is 1.89. The zero-order chi connectivity index (χ0) is 8.60. The molecule has 0 aromatic carbocycles. The highest BCUT2D eigenvalue weighted by Gasteiger charge is 2.51. The van der Waals surface area contributed by atoms with Gasteiger partial charge < -0.3 is 5.32 Å². The lowest BCUT2D eigenvalue weighted by Crippen LogP contribution is -2.14. The average molecular weight is 181 g/mol. The standard InChI is InChI=1S/C10H15NS/c1-10(6-8(10)7-11-2)9-4-3-5-12-9/h3-5,8,11H,6-7H2,1-2H3. The molecule has 1 fully saturated rings. The Hall–Kier alpha value is -0.340. The van der Waals surface area contributed by atoms with Gasteiger partial charge in [0.2, 0.25) is 0 Å². The second kappa shape index (κ2) is 2.86. The molecule has 0 radical (unpaired) electrons. The molecule has 0 spiro atoms. The molecule has 1 nitrogen and oxygen atoms in total. The monoisotopic (exact) mass is 181 g/mol. The molecule has 12 heavy (non-hydrogen) atoms. The van der Waals surface area contributed by atoms with Crippen LogP contribution < -0.4 is 5.32 Å². The van der Waals surface area contributed by atoms with Crippen molar-refractivity contribution in [2.24, 2.45) is 5.92 Å². The van der Waals surface area contributed by atoms with Crippen molar-refractivity contribution in [3.63, 3.8) is 0 Å². The highest BCUT2D eigenvalue weighted by atomic mass is 32.1. The molecule has 0 aliphatic heterocycles. The summed E-state index contributed by atoms with van der Waals surface area (Å²) in [6.45, 7) is 3.54. The molecule has 1 aromatic heterocycles. The van der Waals surface area contributed by atoms with Gasteiger partial charge in [-0.2, -0.15) is 0 Å². The average Bonchev–Trinajstić information content (AvgIpc) is 2.57. The Morgan fingerprint density at radius 1 is 1.75 bits per heavy atom. The minimum absolute atomic E-state index is 0.497. The number of rotatable bonds is 3. The fourth-order valence-corrected chi connectivity index (χ4v) is 2.88. The van der Waals surface area contributed by atoms with E-state index in [0.717, 1.165) is 12.5 Å². The molecule has 2 heteroatoms. The summed E-state index contributed by atoms with van der Waals surface area (Å²) < 4.78 is 0. The van der Waals surface area contributed by atoms with Crippen molar-refractivity contribution in [2.75, 3.05) is 13.6 Å². The SMILES string of the molecule is CNCC1CC1(C)c1cccs1. The van der Waals surface area contributed by atoms with Crippen molar-refractivity contribution in [1.29, 1.82) is 0 Å². The molecule has 2 atom stereocenters. The van der Waals surface area contributed by atoms with E-state index in [0.29, 0.717) is 5.41 Å². The van der Waals surface area contributed by atoms with Gasteiger partial charge in [-0.1, -0.05) is 13.0 Å². The number of hydrogen-bond acceptors (Lipinski definition) is 2. The first-order valence-electron chi connectivity index (χ1n) is 4.46. The van der Waals surface area contributed by atoms with Gasteiger partial charge in [-0.15, -0.1) is 11.3 Å². The van der Waals surface area contributed by atoms with E-state index in [1.165, 1.54) is 6.42 Å². The predicted molar refractivity (Wildman–Crippen MR) is 53.7 cm³/mol. The molecule has 0 amide bonds. The zero-order valence-electron chi connectivity index (χ0n) is 7.63. The first-order valence-corrected chi connectivity index (χ1v) is 5.34. The minimum atomic E-state index is 0.497. The highest BCUT2D eigenvalue weighted by molar-refractivity contribution is 7.10. The van der Waals surface area contributed by atoms with Crippen molar-refractivity contribution in [1.82, 2.24) is 5.32 Å². The normalized spacial score (nSPS) is 33.7. The summed E-state index contributed by atoms with van der Waals surface area (Å²) in [5.41, 5.74) is 0.497. The van der Waals surface area contributed by atoms with Crippen LogP contribution in [0.3, 0.4) is 0 Å². The summed E-state index contributed by atoms with van der Waals surface area (Å²) in [6, 6.07) is 4.42. The van der Waals surface area contributed by atoms with Crippen LogP contribution in [-0.4, -0.2) is 13.6 Å². The van der Waals surface area contributed by atoms with Crippen LogP contribution in [0, 0.1) is 5.92 Å². The molecule has 1 saturated carbocycles. The van der Waals surface area contributed by atoms with Crippen LogP contribution in [0.1, 0.15) is 18.2 Å². The smallest absolute Gasteiger partial charge is 0.0108 e. The minimum Gasteiger partial charge on any atom is -0.319 e. The number of thiophene rings is 1. The molecule has 1 heterocycles. The maximum Gasteiger partial charge on any atom is 0.0108 e. The Morgan fingerprint density at radius 2 is 2.58 bits per heavy atom. The van der Waals surface area contributed by atoms with Gasteiger partial charge in [-0.25, -0.2) is 0 Å². The zero-order valence-corrected chi connectivity index (χ0v) is 8.45. The third-order valence-electron chi connectivity index (χ3n) is 2.95. The van der Waals surface area contributed by atoms with Gasteiger partial charge in [0.05, 0.1) is 0 Å². The number of hydrogen-bond donors (Lipinski definition) is 1. The van der Waals surface area contributed by atoms with Gasteiger partial charge in [0.25, 0.3) is 0 Å². The molecule has 0 bridgehead atoms. The lowest BCUT2D eigenvalue weighted by molar-refractivity contribution is 0.624. The van der Waals surface area contributed by atoms with E-state index < -0.39 is 0 Å². The molecule has 1 aromatic rings. The van der Waals surface area contributed by atoms with Gasteiger partial charge in [0.1, 0.15) is 0 Å². The van der Waals surface area contributed by atoms with Gasteiger partial charge in [0, 0.05) is 10.3 Å². The molecular weight excluding hydrogens is 166 g/mol. The Kier molecular flexibility index (Phi) is 1.97. The van der Waals surface area contributed by atoms with Crippen LogP contribution in [0.5, 0.6) is 0 Å². The first kappa shape index (κ1) is 8.27. The van der Waals surface area contributed by atoms with E-state index in [1.54, 1.807) is 4.88 Å². The van der Waals surface area contributed by atoms with Crippen LogP contribution in [0.15, 0.2) is 17.5 Å². The van der Waals surface area contributed by atoms with Crippen LogP contribution in [-0.2, 0) is 5.41 Å². The van der Waals surface area contributed by atoms with E-state index in [4.69, 9.17) is 0 Å². The third kappa shape index (κ3) is 1.19. The number of nitrogens with one attached hydrogen (secondary N) is 1. The van der Waals surface area contributed by atoms with Crippen molar-refractivity contribution < 1.29 is 0 Å². The predicted octanol–water partition coefficient (Wildman–Crippen LogP) is 2.25. The summed E-state index contributed by atoms with van der Waals surface area (Å²) in [7, 11) is 2.03. The van der Waals surface area contributed by atoms with Gasteiger partial charge in [0.15, 0.2) is 0 Å². The highest BCUT2D eigenvalue weighted by Crippen LogP contribution is 2.54. The molecule has 2 rings (SSSR count). The van der Waals surface area contributed by atoms with Gasteiger partial charge in [-0.3, -0.25) is 0 Å². The maximum atomic E-state index is 3.25. The van der Waals surface area contributed by atoms with E-state index in [-0.39, 0.29) is 0 Å². The quantitative estimate of drug-likeness (QED) is 0.754. The summed E-state index contributed by atoms with van der Waals surface area (Å²) in [4.78, 5) is 1.56. The molecule has 0 saturated heterocycles. The largest absolute Gasteiger partial charge is 0.319 e. The van der Waals surface area contributed by atoms with Crippen molar-refractivity contribution in [3.05, 3.63) is 22.4 Å².